The lowest BCUT2D eigenvalue weighted by molar-refractivity contribution is 0.0698. The molecule has 1 aliphatic rings. The molecule has 132 valence electrons. The molecule has 0 amide bonds. The van der Waals surface area contributed by atoms with E-state index in [9.17, 15) is 18.3 Å². The summed E-state index contributed by atoms with van der Waals surface area (Å²) in [4.78, 5) is 19.9. The molecular weight excluding hydrogens is 344 g/mol. The minimum atomic E-state index is -3.00. The lowest BCUT2D eigenvalue weighted by Gasteiger charge is -2.14. The zero-order chi connectivity index (χ0) is 18.0. The van der Waals surface area contributed by atoms with Gasteiger partial charge in [0, 0.05) is 17.8 Å². The largest absolute Gasteiger partial charge is 0.478 e. The van der Waals surface area contributed by atoms with Crippen LogP contribution in [0, 0.1) is 6.92 Å². The van der Waals surface area contributed by atoms with E-state index in [0.717, 1.165) is 0 Å². The molecule has 1 saturated heterocycles. The molecule has 1 aromatic carbocycles. The van der Waals surface area contributed by atoms with Crippen LogP contribution in [0.2, 0.25) is 0 Å². The highest BCUT2D eigenvalue weighted by atomic mass is 32.2. The van der Waals surface area contributed by atoms with Crippen molar-refractivity contribution in [3.63, 3.8) is 0 Å². The van der Waals surface area contributed by atoms with E-state index in [1.165, 1.54) is 6.07 Å². The van der Waals surface area contributed by atoms with Gasteiger partial charge in [-0.15, -0.1) is 0 Å². The quantitative estimate of drug-likeness (QED) is 0.736. The van der Waals surface area contributed by atoms with E-state index >= 15 is 0 Å². The van der Waals surface area contributed by atoms with E-state index in [1.807, 2.05) is 0 Å². The Bertz CT molecular complexity index is 914. The highest BCUT2D eigenvalue weighted by Gasteiger charge is 2.28. The number of rotatable bonds is 5. The number of benzene rings is 1. The smallest absolute Gasteiger partial charge is 0.337 e. The fourth-order valence-electron chi connectivity index (χ4n) is 2.71. The molecule has 1 unspecified atom stereocenters. The van der Waals surface area contributed by atoms with Crippen molar-refractivity contribution in [1.82, 2.24) is 9.97 Å². The molecule has 2 heterocycles. The Morgan fingerprint density at radius 1 is 1.28 bits per heavy atom. The van der Waals surface area contributed by atoms with Crippen LogP contribution >= 0.6 is 0 Å². The molecule has 1 aromatic heterocycles. The van der Waals surface area contributed by atoms with Crippen molar-refractivity contribution < 1.29 is 18.3 Å². The van der Waals surface area contributed by atoms with Gasteiger partial charge in [0.1, 0.15) is 5.82 Å². The lowest BCUT2D eigenvalue weighted by atomic mass is 10.2. The molecule has 1 atom stereocenters. The number of aromatic carboxylic acids is 1. The Kier molecular flexibility index (Phi) is 4.58. The van der Waals surface area contributed by atoms with E-state index in [-0.39, 0.29) is 23.1 Å². The summed E-state index contributed by atoms with van der Waals surface area (Å²) in [7, 11) is -3.00. The number of nitrogens with one attached hydrogen (secondary N) is 2. The van der Waals surface area contributed by atoms with Crippen LogP contribution < -0.4 is 10.6 Å². The summed E-state index contributed by atoms with van der Waals surface area (Å²) in [5.41, 5.74) is 1.23. The first-order valence-electron chi connectivity index (χ1n) is 7.74. The van der Waals surface area contributed by atoms with Crippen LogP contribution in [0.25, 0.3) is 0 Å². The van der Waals surface area contributed by atoms with Gasteiger partial charge in [0.2, 0.25) is 5.95 Å². The Hall–Kier alpha value is -2.68. The van der Waals surface area contributed by atoms with Crippen LogP contribution in [-0.2, 0) is 9.84 Å². The number of aryl methyl sites for hydroxylation is 1. The zero-order valence-corrected chi connectivity index (χ0v) is 14.4. The van der Waals surface area contributed by atoms with Gasteiger partial charge < -0.3 is 15.7 Å². The van der Waals surface area contributed by atoms with Crippen LogP contribution in [0.4, 0.5) is 17.5 Å². The van der Waals surface area contributed by atoms with Gasteiger partial charge in [0.05, 0.1) is 22.8 Å². The predicted octanol–water partition coefficient (Wildman–Crippen LogP) is 1.83. The van der Waals surface area contributed by atoms with E-state index in [2.05, 4.69) is 20.6 Å². The molecule has 0 saturated carbocycles. The summed E-state index contributed by atoms with van der Waals surface area (Å²) in [6, 6.07) is 8.00. The third-order valence-corrected chi connectivity index (χ3v) is 5.61. The average molecular weight is 362 g/mol. The van der Waals surface area contributed by atoms with Crippen LogP contribution in [0.3, 0.4) is 0 Å². The molecule has 1 fully saturated rings. The average Bonchev–Trinajstić information content (AvgIpc) is 2.85. The second-order valence-electron chi connectivity index (χ2n) is 5.94. The number of para-hydroxylation sites is 1. The fraction of sp³-hybridized carbons (Fsp3) is 0.312. The van der Waals surface area contributed by atoms with Crippen molar-refractivity contribution in [3.8, 4) is 0 Å². The van der Waals surface area contributed by atoms with Crippen molar-refractivity contribution in [2.45, 2.75) is 19.4 Å². The van der Waals surface area contributed by atoms with Gasteiger partial charge in [0.15, 0.2) is 9.84 Å². The molecule has 0 spiro atoms. The summed E-state index contributed by atoms with van der Waals surface area (Å²) in [6.45, 7) is 1.78. The number of anilines is 3. The topological polar surface area (TPSA) is 121 Å². The van der Waals surface area contributed by atoms with Crippen molar-refractivity contribution in [1.29, 1.82) is 0 Å². The molecule has 0 aliphatic carbocycles. The van der Waals surface area contributed by atoms with Gasteiger partial charge in [0.25, 0.3) is 0 Å². The predicted molar refractivity (Wildman–Crippen MR) is 94.1 cm³/mol. The standard InChI is InChI=1S/C16H18N4O4S/c1-10-8-14(19-13-5-3-2-4-12(13)15(21)22)20-16(17-10)18-11-6-7-25(23,24)9-11/h2-5,8,11H,6-7,9H2,1H3,(H,21,22)(H2,17,18,19,20). The van der Waals surface area contributed by atoms with Crippen LogP contribution in [0.1, 0.15) is 22.5 Å². The van der Waals surface area contributed by atoms with Crippen molar-refractivity contribution in [2.75, 3.05) is 22.1 Å². The summed E-state index contributed by atoms with van der Waals surface area (Å²) in [5.74, 6) is -0.0620. The summed E-state index contributed by atoms with van der Waals surface area (Å²) >= 11 is 0. The van der Waals surface area contributed by atoms with E-state index in [0.29, 0.717) is 29.6 Å². The molecule has 0 bridgehead atoms. The maximum Gasteiger partial charge on any atom is 0.337 e. The first kappa shape index (κ1) is 17.2. The third-order valence-electron chi connectivity index (χ3n) is 3.84. The maximum atomic E-state index is 11.6. The summed E-state index contributed by atoms with van der Waals surface area (Å²) in [5, 5.41) is 15.3. The van der Waals surface area contributed by atoms with E-state index in [4.69, 9.17) is 0 Å². The number of sulfone groups is 1. The van der Waals surface area contributed by atoms with E-state index in [1.54, 1.807) is 31.2 Å². The highest BCUT2D eigenvalue weighted by molar-refractivity contribution is 7.91. The number of nitrogens with zero attached hydrogens (tertiary/aromatic N) is 2. The van der Waals surface area contributed by atoms with Crippen LogP contribution in [0.5, 0.6) is 0 Å². The number of carboxylic acid groups (broad SMARTS) is 1. The van der Waals surface area contributed by atoms with Crippen molar-refractivity contribution >= 4 is 33.3 Å². The van der Waals surface area contributed by atoms with Crippen molar-refractivity contribution in [2.24, 2.45) is 0 Å². The molecule has 1 aliphatic heterocycles. The van der Waals surface area contributed by atoms with E-state index < -0.39 is 15.8 Å². The van der Waals surface area contributed by atoms with Gasteiger partial charge in [-0.2, -0.15) is 4.98 Å². The number of aromatic nitrogens is 2. The molecule has 2 aromatic rings. The third kappa shape index (κ3) is 4.24. The highest BCUT2D eigenvalue weighted by Crippen LogP contribution is 2.22. The minimum absolute atomic E-state index is 0.0644. The van der Waals surface area contributed by atoms with Gasteiger partial charge in [-0.1, -0.05) is 12.1 Å². The molecule has 3 rings (SSSR count). The zero-order valence-electron chi connectivity index (χ0n) is 13.6. The van der Waals surface area contributed by atoms with Gasteiger partial charge in [-0.05, 0) is 25.5 Å². The Morgan fingerprint density at radius 3 is 2.72 bits per heavy atom. The van der Waals surface area contributed by atoms with Crippen LogP contribution in [0.15, 0.2) is 30.3 Å². The second kappa shape index (κ2) is 6.67. The number of hydrogen-bond acceptors (Lipinski definition) is 7. The Morgan fingerprint density at radius 2 is 2.04 bits per heavy atom. The normalized spacial score (nSPS) is 18.7. The second-order valence-corrected chi connectivity index (χ2v) is 8.17. The number of carbonyl (C=O) groups is 1. The first-order valence-corrected chi connectivity index (χ1v) is 9.56. The number of carboxylic acids is 1. The lowest BCUT2D eigenvalue weighted by Crippen LogP contribution is -2.22. The molecule has 0 radical (unpaired) electrons. The number of hydrogen-bond donors (Lipinski definition) is 3. The van der Waals surface area contributed by atoms with Gasteiger partial charge in [-0.3, -0.25) is 0 Å². The SMILES string of the molecule is Cc1cc(Nc2ccccc2C(=O)O)nc(NC2CCS(=O)(=O)C2)n1. The molecule has 25 heavy (non-hydrogen) atoms. The minimum Gasteiger partial charge on any atom is -0.478 e. The monoisotopic (exact) mass is 362 g/mol. The Labute approximate surface area is 145 Å². The molecule has 3 N–H and O–H groups in total. The van der Waals surface area contributed by atoms with Crippen molar-refractivity contribution in [3.05, 3.63) is 41.6 Å². The molecule has 9 heteroatoms. The van der Waals surface area contributed by atoms with Crippen LogP contribution in [-0.4, -0.2) is 47.0 Å². The summed E-state index contributed by atoms with van der Waals surface area (Å²) in [6.07, 6.45) is 0.518. The fourth-order valence-corrected chi connectivity index (χ4v) is 4.38. The molecule has 8 nitrogen and oxygen atoms in total. The van der Waals surface area contributed by atoms with Gasteiger partial charge >= 0.3 is 5.97 Å². The van der Waals surface area contributed by atoms with Gasteiger partial charge in [-0.25, -0.2) is 18.2 Å². The molecular formula is C16H18N4O4S. The maximum absolute atomic E-state index is 11.6. The Balaban J connectivity index is 1.82. The first-order chi connectivity index (χ1) is 11.8. The summed E-state index contributed by atoms with van der Waals surface area (Å²) < 4.78 is 23.1.